The van der Waals surface area contributed by atoms with Gasteiger partial charge >= 0.3 is 0 Å². The Bertz CT molecular complexity index is 1140. The zero-order valence-electron chi connectivity index (χ0n) is 17.0. The van der Waals surface area contributed by atoms with Gasteiger partial charge in [-0.2, -0.15) is 0 Å². The van der Waals surface area contributed by atoms with E-state index in [1.165, 1.54) is 0 Å². The molecule has 1 heterocycles. The van der Waals surface area contributed by atoms with Crippen LogP contribution in [0, 0.1) is 6.92 Å². The van der Waals surface area contributed by atoms with E-state index in [1.54, 1.807) is 36.1 Å². The lowest BCUT2D eigenvalue weighted by Gasteiger charge is -2.22. The Hall–Kier alpha value is -3.57. The van der Waals surface area contributed by atoms with Crippen LogP contribution < -0.4 is 9.64 Å². The van der Waals surface area contributed by atoms with E-state index in [2.05, 4.69) is 5.16 Å². The second-order valence-electron chi connectivity index (χ2n) is 7.02. The first-order valence-corrected chi connectivity index (χ1v) is 10.2. The summed E-state index contributed by atoms with van der Waals surface area (Å²) >= 11 is 5.93. The van der Waals surface area contributed by atoms with E-state index in [9.17, 15) is 4.79 Å². The molecule has 0 saturated heterocycles. The van der Waals surface area contributed by atoms with Crippen LogP contribution in [-0.2, 0) is 13.2 Å². The number of hydrogen-bond donors (Lipinski definition) is 0. The van der Waals surface area contributed by atoms with E-state index in [1.807, 2.05) is 60.7 Å². The number of benzene rings is 3. The van der Waals surface area contributed by atoms with Gasteiger partial charge in [0.1, 0.15) is 18.1 Å². The molecule has 1 amide bonds. The summed E-state index contributed by atoms with van der Waals surface area (Å²) in [6.07, 6.45) is 0. The van der Waals surface area contributed by atoms with Gasteiger partial charge in [-0.15, -0.1) is 0 Å². The Morgan fingerprint density at radius 2 is 1.61 bits per heavy atom. The van der Waals surface area contributed by atoms with Crippen molar-refractivity contribution in [3.63, 3.8) is 0 Å². The zero-order valence-corrected chi connectivity index (χ0v) is 17.8. The SMILES string of the molecule is Cc1onc(C(=O)N(Cc2ccccc2)c2ccccc2)c1COc1ccc(Cl)cc1. The molecule has 0 N–H and O–H groups in total. The number of rotatable bonds is 7. The first-order chi connectivity index (χ1) is 15.1. The van der Waals surface area contributed by atoms with E-state index in [0.29, 0.717) is 28.6 Å². The number of aryl methyl sites for hydroxylation is 1. The van der Waals surface area contributed by atoms with Crippen molar-refractivity contribution in [2.75, 3.05) is 4.90 Å². The summed E-state index contributed by atoms with van der Waals surface area (Å²) in [5, 5.41) is 4.69. The van der Waals surface area contributed by atoms with Gasteiger partial charge in [-0.25, -0.2) is 0 Å². The van der Waals surface area contributed by atoms with Crippen molar-refractivity contribution in [1.29, 1.82) is 0 Å². The molecule has 0 saturated carbocycles. The summed E-state index contributed by atoms with van der Waals surface area (Å²) in [6, 6.07) is 26.4. The van der Waals surface area contributed by atoms with Gasteiger partial charge in [-0.3, -0.25) is 4.79 Å². The molecule has 0 spiro atoms. The molecule has 31 heavy (non-hydrogen) atoms. The number of carbonyl (C=O) groups excluding carboxylic acids is 1. The Kier molecular flexibility index (Phi) is 6.34. The average Bonchev–Trinajstić information content (AvgIpc) is 3.18. The maximum atomic E-state index is 13.6. The third-order valence-corrected chi connectivity index (χ3v) is 5.13. The monoisotopic (exact) mass is 432 g/mol. The standard InChI is InChI=1S/C25H21ClN2O3/c1-18-23(17-30-22-14-12-20(26)13-15-22)24(27-31-18)25(29)28(21-10-6-3-7-11-21)16-19-8-4-2-5-9-19/h2-15H,16-17H2,1H3. The van der Waals surface area contributed by atoms with Crippen molar-refractivity contribution >= 4 is 23.2 Å². The van der Waals surface area contributed by atoms with Crippen LogP contribution in [0.15, 0.2) is 89.5 Å². The molecule has 5 nitrogen and oxygen atoms in total. The molecule has 0 bridgehead atoms. The van der Waals surface area contributed by atoms with Gasteiger partial charge in [-0.05, 0) is 48.9 Å². The summed E-state index contributed by atoms with van der Waals surface area (Å²) in [6.45, 7) is 2.34. The fraction of sp³-hybridized carbons (Fsp3) is 0.120. The molecular formula is C25H21ClN2O3. The summed E-state index contributed by atoms with van der Waals surface area (Å²) in [4.78, 5) is 15.3. The minimum absolute atomic E-state index is 0.159. The minimum atomic E-state index is -0.249. The molecule has 6 heteroatoms. The highest BCUT2D eigenvalue weighted by Crippen LogP contribution is 2.24. The Morgan fingerprint density at radius 1 is 0.968 bits per heavy atom. The molecule has 0 aliphatic rings. The number of carbonyl (C=O) groups is 1. The molecule has 0 aliphatic heterocycles. The number of anilines is 1. The Balaban J connectivity index is 1.62. The highest BCUT2D eigenvalue weighted by Gasteiger charge is 2.26. The minimum Gasteiger partial charge on any atom is -0.489 e. The molecule has 0 radical (unpaired) electrons. The molecule has 4 aromatic rings. The highest BCUT2D eigenvalue weighted by molar-refractivity contribution is 6.30. The molecule has 0 aliphatic carbocycles. The van der Waals surface area contributed by atoms with Crippen molar-refractivity contribution in [3.05, 3.63) is 113 Å². The van der Waals surface area contributed by atoms with E-state index >= 15 is 0 Å². The number of hydrogen-bond acceptors (Lipinski definition) is 4. The fourth-order valence-electron chi connectivity index (χ4n) is 3.20. The van der Waals surface area contributed by atoms with Crippen LogP contribution in [0.2, 0.25) is 5.02 Å². The molecule has 156 valence electrons. The molecular weight excluding hydrogens is 412 g/mol. The van der Waals surface area contributed by atoms with Gasteiger partial charge in [0, 0.05) is 10.7 Å². The highest BCUT2D eigenvalue weighted by atomic mass is 35.5. The van der Waals surface area contributed by atoms with Gasteiger partial charge in [0.25, 0.3) is 5.91 Å². The first kappa shape index (κ1) is 20.7. The van der Waals surface area contributed by atoms with Gasteiger partial charge in [0.05, 0.1) is 12.1 Å². The number of ether oxygens (including phenoxy) is 1. The van der Waals surface area contributed by atoms with Crippen molar-refractivity contribution in [1.82, 2.24) is 5.16 Å². The van der Waals surface area contributed by atoms with E-state index in [0.717, 1.165) is 11.3 Å². The van der Waals surface area contributed by atoms with E-state index in [4.69, 9.17) is 20.9 Å². The Morgan fingerprint density at radius 3 is 2.29 bits per heavy atom. The molecule has 0 atom stereocenters. The van der Waals surface area contributed by atoms with Crippen LogP contribution in [0.3, 0.4) is 0 Å². The number of amides is 1. The van der Waals surface area contributed by atoms with Gasteiger partial charge in [0.2, 0.25) is 0 Å². The fourth-order valence-corrected chi connectivity index (χ4v) is 3.32. The molecule has 3 aromatic carbocycles. The average molecular weight is 433 g/mol. The number of aromatic nitrogens is 1. The lowest BCUT2D eigenvalue weighted by molar-refractivity contribution is 0.0974. The topological polar surface area (TPSA) is 55.6 Å². The predicted octanol–water partition coefficient (Wildman–Crippen LogP) is 6.06. The molecule has 0 fully saturated rings. The van der Waals surface area contributed by atoms with Crippen molar-refractivity contribution < 1.29 is 14.1 Å². The Labute approximate surface area is 185 Å². The van der Waals surface area contributed by atoms with Crippen LogP contribution in [0.4, 0.5) is 5.69 Å². The molecule has 4 rings (SSSR count). The zero-order chi connectivity index (χ0) is 21.6. The maximum absolute atomic E-state index is 13.6. The van der Waals surface area contributed by atoms with Crippen LogP contribution in [-0.4, -0.2) is 11.1 Å². The van der Waals surface area contributed by atoms with Gasteiger partial charge < -0.3 is 14.2 Å². The van der Waals surface area contributed by atoms with Crippen molar-refractivity contribution in [2.45, 2.75) is 20.1 Å². The third-order valence-electron chi connectivity index (χ3n) is 4.88. The normalized spacial score (nSPS) is 10.6. The van der Waals surface area contributed by atoms with Crippen molar-refractivity contribution in [3.8, 4) is 5.75 Å². The van der Waals surface area contributed by atoms with E-state index in [-0.39, 0.29) is 18.2 Å². The van der Waals surface area contributed by atoms with Crippen molar-refractivity contribution in [2.24, 2.45) is 0 Å². The smallest absolute Gasteiger partial charge is 0.281 e. The van der Waals surface area contributed by atoms with Crippen LogP contribution in [0.5, 0.6) is 5.75 Å². The van der Waals surface area contributed by atoms with Gasteiger partial charge in [-0.1, -0.05) is 65.3 Å². The lowest BCUT2D eigenvalue weighted by Crippen LogP contribution is -2.31. The van der Waals surface area contributed by atoms with Crippen LogP contribution >= 0.6 is 11.6 Å². The molecule has 0 unspecified atom stereocenters. The quantitative estimate of drug-likeness (QED) is 0.356. The number of nitrogens with zero attached hydrogens (tertiary/aromatic N) is 2. The number of para-hydroxylation sites is 1. The summed E-state index contributed by atoms with van der Waals surface area (Å²) in [7, 11) is 0. The summed E-state index contributed by atoms with van der Waals surface area (Å²) in [5.41, 5.74) is 2.65. The van der Waals surface area contributed by atoms with E-state index < -0.39 is 0 Å². The van der Waals surface area contributed by atoms with Gasteiger partial charge in [0.15, 0.2) is 5.69 Å². The first-order valence-electron chi connectivity index (χ1n) is 9.86. The second-order valence-corrected chi connectivity index (χ2v) is 7.46. The predicted molar refractivity (Wildman–Crippen MR) is 120 cm³/mol. The maximum Gasteiger partial charge on any atom is 0.281 e. The van der Waals surface area contributed by atoms with Crippen LogP contribution in [0.25, 0.3) is 0 Å². The van der Waals surface area contributed by atoms with Crippen LogP contribution in [0.1, 0.15) is 27.4 Å². The third kappa shape index (κ3) is 4.95. The second kappa shape index (κ2) is 9.49. The largest absolute Gasteiger partial charge is 0.489 e. The summed E-state index contributed by atoms with van der Waals surface area (Å²) < 4.78 is 11.2. The molecule has 1 aromatic heterocycles. The number of halogens is 1. The lowest BCUT2D eigenvalue weighted by atomic mass is 10.1. The summed E-state index contributed by atoms with van der Waals surface area (Å²) in [5.74, 6) is 0.944.